The predicted octanol–water partition coefficient (Wildman–Crippen LogP) is -0.678. The van der Waals surface area contributed by atoms with Crippen LogP contribution in [0.25, 0.3) is 0 Å². The van der Waals surface area contributed by atoms with Crippen molar-refractivity contribution in [2.24, 2.45) is 0 Å². The van der Waals surface area contributed by atoms with Gasteiger partial charge in [-0.1, -0.05) is 13.8 Å². The van der Waals surface area contributed by atoms with Crippen molar-refractivity contribution < 1.29 is 13.5 Å². The van der Waals surface area contributed by atoms with Gasteiger partial charge in [0.15, 0.2) is 0 Å². The van der Waals surface area contributed by atoms with Gasteiger partial charge in [0, 0.05) is 31.4 Å². The third-order valence-electron chi connectivity index (χ3n) is 2.17. The lowest BCUT2D eigenvalue weighted by Crippen LogP contribution is -2.45. The van der Waals surface area contributed by atoms with Crippen LogP contribution in [-0.4, -0.2) is 69.3 Å². The summed E-state index contributed by atoms with van der Waals surface area (Å²) in [6.45, 7) is 5.22. The van der Waals surface area contributed by atoms with Gasteiger partial charge in [0.1, 0.15) is 9.84 Å². The molecule has 0 aliphatic heterocycles. The fraction of sp³-hybridized carbons (Fsp3) is 1.00. The molecule has 6 heteroatoms. The van der Waals surface area contributed by atoms with Gasteiger partial charge in [-0.2, -0.15) is 0 Å². The summed E-state index contributed by atoms with van der Waals surface area (Å²) in [6.07, 6.45) is 1.23. The molecule has 0 rings (SSSR count). The number of nitrogens with one attached hydrogen (secondary N) is 1. The summed E-state index contributed by atoms with van der Waals surface area (Å²) in [4.78, 5) is 1.91. The maximum absolute atomic E-state index is 11.0. The van der Waals surface area contributed by atoms with Gasteiger partial charge in [0.05, 0.1) is 12.4 Å². The molecule has 0 spiro atoms. The summed E-state index contributed by atoms with van der Waals surface area (Å²) in [6, 6.07) is 0.296. The summed E-state index contributed by atoms with van der Waals surface area (Å²) in [7, 11) is -1.05. The van der Waals surface area contributed by atoms with Gasteiger partial charge in [0.2, 0.25) is 0 Å². The first kappa shape index (κ1) is 15.8. The van der Waals surface area contributed by atoms with Crippen LogP contribution in [0, 0.1) is 0 Å². The number of nitrogens with zero attached hydrogens (tertiary/aromatic N) is 1. The third-order valence-corrected chi connectivity index (χ3v) is 3.09. The summed E-state index contributed by atoms with van der Waals surface area (Å²) in [5, 5.41) is 12.4. The molecule has 0 aromatic rings. The fourth-order valence-electron chi connectivity index (χ4n) is 1.42. The van der Waals surface area contributed by atoms with Crippen molar-refractivity contribution in [2.45, 2.75) is 25.9 Å². The average Bonchev–Trinajstić information content (AvgIpc) is 2.12. The number of sulfone groups is 1. The number of rotatable bonds is 8. The molecule has 0 aliphatic carbocycles. The molecule has 1 unspecified atom stereocenters. The Balaban J connectivity index is 3.96. The SMILES string of the molecule is CC(C)NC(CO)CN(C)CCS(C)(=O)=O. The van der Waals surface area contributed by atoms with Crippen molar-refractivity contribution in [2.75, 3.05) is 38.8 Å². The largest absolute Gasteiger partial charge is 0.395 e. The summed E-state index contributed by atoms with van der Waals surface area (Å²) in [5.74, 6) is 0.156. The van der Waals surface area contributed by atoms with Gasteiger partial charge in [-0.3, -0.25) is 0 Å². The molecule has 0 amide bonds. The average molecular weight is 252 g/mol. The Morgan fingerprint density at radius 1 is 1.38 bits per heavy atom. The maximum atomic E-state index is 11.0. The van der Waals surface area contributed by atoms with Crippen molar-refractivity contribution >= 4 is 9.84 Å². The first-order valence-corrected chi connectivity index (χ1v) is 7.54. The molecule has 0 aliphatic rings. The second kappa shape index (κ2) is 7.21. The van der Waals surface area contributed by atoms with Crippen LogP contribution in [0.4, 0.5) is 0 Å². The molecule has 0 heterocycles. The monoisotopic (exact) mass is 252 g/mol. The Hall–Kier alpha value is -0.170. The fourth-order valence-corrected chi connectivity index (χ4v) is 2.07. The van der Waals surface area contributed by atoms with Gasteiger partial charge in [0.25, 0.3) is 0 Å². The zero-order valence-corrected chi connectivity index (χ0v) is 11.4. The molecule has 1 atom stereocenters. The molecule has 16 heavy (non-hydrogen) atoms. The highest BCUT2D eigenvalue weighted by Crippen LogP contribution is 1.93. The van der Waals surface area contributed by atoms with E-state index in [1.807, 2.05) is 25.8 Å². The molecule has 0 saturated heterocycles. The van der Waals surface area contributed by atoms with Crippen molar-refractivity contribution in [1.82, 2.24) is 10.2 Å². The zero-order chi connectivity index (χ0) is 12.8. The standard InChI is InChI=1S/C10H24N2O3S/c1-9(2)11-10(8-13)7-12(3)5-6-16(4,14)15/h9-11,13H,5-8H2,1-4H3. The second-order valence-electron chi connectivity index (χ2n) is 4.59. The Labute approximate surface area is 98.8 Å². The highest BCUT2D eigenvalue weighted by atomic mass is 32.2. The van der Waals surface area contributed by atoms with Crippen LogP contribution >= 0.6 is 0 Å². The van der Waals surface area contributed by atoms with E-state index in [1.165, 1.54) is 6.26 Å². The Morgan fingerprint density at radius 3 is 2.31 bits per heavy atom. The van der Waals surface area contributed by atoms with Gasteiger partial charge in [-0.15, -0.1) is 0 Å². The van der Waals surface area contributed by atoms with E-state index in [2.05, 4.69) is 5.32 Å². The summed E-state index contributed by atoms with van der Waals surface area (Å²) in [5.41, 5.74) is 0. The molecule has 0 fully saturated rings. The van der Waals surface area contributed by atoms with Crippen molar-refractivity contribution in [1.29, 1.82) is 0 Å². The number of aliphatic hydroxyl groups is 1. The highest BCUT2D eigenvalue weighted by Gasteiger charge is 2.12. The Bertz CT molecular complexity index is 278. The molecule has 0 aromatic heterocycles. The van der Waals surface area contributed by atoms with Crippen molar-refractivity contribution in [3.63, 3.8) is 0 Å². The van der Waals surface area contributed by atoms with Crippen LogP contribution in [-0.2, 0) is 9.84 Å². The molecule has 0 aromatic carbocycles. The maximum Gasteiger partial charge on any atom is 0.148 e. The normalized spacial score (nSPS) is 14.7. The van der Waals surface area contributed by atoms with E-state index in [1.54, 1.807) is 0 Å². The minimum atomic E-state index is -2.91. The first-order chi connectivity index (χ1) is 7.24. The quantitative estimate of drug-likeness (QED) is 0.599. The van der Waals surface area contributed by atoms with E-state index in [9.17, 15) is 8.42 Å². The lowest BCUT2D eigenvalue weighted by atomic mass is 10.2. The number of aliphatic hydroxyl groups excluding tert-OH is 1. The summed E-state index contributed by atoms with van der Waals surface area (Å²) < 4.78 is 22.0. The number of likely N-dealkylation sites (N-methyl/N-ethyl adjacent to an activating group) is 1. The van der Waals surface area contributed by atoms with Crippen molar-refractivity contribution in [3.05, 3.63) is 0 Å². The Morgan fingerprint density at radius 2 is 1.94 bits per heavy atom. The first-order valence-electron chi connectivity index (χ1n) is 5.47. The van der Waals surface area contributed by atoms with E-state index in [0.717, 1.165) is 0 Å². The van der Waals surface area contributed by atoms with Crippen LogP contribution in [0.5, 0.6) is 0 Å². The predicted molar refractivity (Wildman–Crippen MR) is 66.4 cm³/mol. The third kappa shape index (κ3) is 9.08. The molecular weight excluding hydrogens is 228 g/mol. The van der Waals surface area contributed by atoms with Gasteiger partial charge >= 0.3 is 0 Å². The topological polar surface area (TPSA) is 69.6 Å². The van der Waals surface area contributed by atoms with E-state index < -0.39 is 9.84 Å². The number of hydrogen-bond donors (Lipinski definition) is 2. The molecule has 0 saturated carbocycles. The van der Waals surface area contributed by atoms with Gasteiger partial charge in [-0.05, 0) is 7.05 Å². The zero-order valence-electron chi connectivity index (χ0n) is 10.6. The van der Waals surface area contributed by atoms with E-state index in [-0.39, 0.29) is 18.4 Å². The van der Waals surface area contributed by atoms with Gasteiger partial charge in [-0.25, -0.2) is 8.42 Å². The van der Waals surface area contributed by atoms with Crippen LogP contribution < -0.4 is 5.32 Å². The Kier molecular flexibility index (Phi) is 7.14. The lowest BCUT2D eigenvalue weighted by Gasteiger charge is -2.25. The summed E-state index contributed by atoms with van der Waals surface area (Å²) >= 11 is 0. The molecule has 0 bridgehead atoms. The second-order valence-corrected chi connectivity index (χ2v) is 6.85. The van der Waals surface area contributed by atoms with Crippen LogP contribution in [0.1, 0.15) is 13.8 Å². The van der Waals surface area contributed by atoms with E-state index in [0.29, 0.717) is 19.1 Å². The van der Waals surface area contributed by atoms with Crippen LogP contribution in [0.3, 0.4) is 0 Å². The highest BCUT2D eigenvalue weighted by molar-refractivity contribution is 7.90. The minimum absolute atomic E-state index is 0.00967. The molecule has 2 N–H and O–H groups in total. The molecule has 0 radical (unpaired) electrons. The number of hydrogen-bond acceptors (Lipinski definition) is 5. The van der Waals surface area contributed by atoms with Crippen LogP contribution in [0.15, 0.2) is 0 Å². The molecular formula is C10H24N2O3S. The molecule has 5 nitrogen and oxygen atoms in total. The minimum Gasteiger partial charge on any atom is -0.395 e. The lowest BCUT2D eigenvalue weighted by molar-refractivity contribution is 0.196. The molecule has 98 valence electrons. The van der Waals surface area contributed by atoms with Gasteiger partial charge < -0.3 is 15.3 Å². The van der Waals surface area contributed by atoms with Crippen LogP contribution in [0.2, 0.25) is 0 Å². The van der Waals surface area contributed by atoms with E-state index in [4.69, 9.17) is 5.11 Å². The van der Waals surface area contributed by atoms with Crippen molar-refractivity contribution in [3.8, 4) is 0 Å². The smallest absolute Gasteiger partial charge is 0.148 e. The van der Waals surface area contributed by atoms with E-state index >= 15 is 0 Å².